The minimum atomic E-state index is -0.970. The second-order valence-corrected chi connectivity index (χ2v) is 9.33. The molecule has 5 rings (SSSR count). The van der Waals surface area contributed by atoms with Crippen molar-refractivity contribution < 1.29 is 24.0 Å². The van der Waals surface area contributed by atoms with Gasteiger partial charge in [-0.1, -0.05) is 6.07 Å². The van der Waals surface area contributed by atoms with Crippen LogP contribution in [0.2, 0.25) is 0 Å². The van der Waals surface area contributed by atoms with Crippen LogP contribution in [0.4, 0.5) is 10.5 Å². The van der Waals surface area contributed by atoms with Crippen LogP contribution in [0.15, 0.2) is 18.2 Å². The highest BCUT2D eigenvalue weighted by atomic mass is 16.2. The van der Waals surface area contributed by atoms with Crippen LogP contribution >= 0.6 is 0 Å². The zero-order chi connectivity index (χ0) is 23.3. The second kappa shape index (κ2) is 7.86. The summed E-state index contributed by atoms with van der Waals surface area (Å²) in [5, 5.41) is 5.06. The van der Waals surface area contributed by atoms with Gasteiger partial charge in [-0.3, -0.25) is 29.4 Å². The van der Waals surface area contributed by atoms with Crippen molar-refractivity contribution in [3.8, 4) is 0 Å². The summed E-state index contributed by atoms with van der Waals surface area (Å²) in [5.74, 6) is -1.97. The van der Waals surface area contributed by atoms with Crippen LogP contribution in [0.25, 0.3) is 0 Å². The van der Waals surface area contributed by atoms with E-state index in [1.807, 2.05) is 17.9 Å². The molecule has 1 spiro atoms. The van der Waals surface area contributed by atoms with Crippen LogP contribution in [-0.2, 0) is 9.59 Å². The lowest BCUT2D eigenvalue weighted by molar-refractivity contribution is -0.136. The molecule has 1 unspecified atom stereocenters. The maximum absolute atomic E-state index is 13.3. The first kappa shape index (κ1) is 21.4. The molecule has 3 saturated heterocycles. The van der Waals surface area contributed by atoms with Crippen molar-refractivity contribution in [1.82, 2.24) is 20.4 Å². The highest BCUT2D eigenvalue weighted by Gasteiger charge is 2.49. The van der Waals surface area contributed by atoms with Crippen LogP contribution in [0.5, 0.6) is 0 Å². The van der Waals surface area contributed by atoms with Crippen molar-refractivity contribution in [2.75, 3.05) is 37.6 Å². The lowest BCUT2D eigenvalue weighted by Gasteiger charge is -2.54. The van der Waals surface area contributed by atoms with Gasteiger partial charge in [0, 0.05) is 44.6 Å². The number of rotatable bonds is 3. The lowest BCUT2D eigenvalue weighted by Crippen LogP contribution is -2.63. The molecule has 4 aliphatic heterocycles. The largest absolute Gasteiger partial charge is 0.371 e. The van der Waals surface area contributed by atoms with Crippen molar-refractivity contribution in [3.05, 3.63) is 29.3 Å². The van der Waals surface area contributed by atoms with Gasteiger partial charge < -0.3 is 15.1 Å². The van der Waals surface area contributed by atoms with Gasteiger partial charge >= 0.3 is 6.03 Å². The van der Waals surface area contributed by atoms with E-state index < -0.39 is 29.7 Å². The van der Waals surface area contributed by atoms with Gasteiger partial charge in [0.2, 0.25) is 11.8 Å². The zero-order valence-electron chi connectivity index (χ0n) is 18.6. The van der Waals surface area contributed by atoms with Gasteiger partial charge in [-0.2, -0.15) is 0 Å². The summed E-state index contributed by atoms with van der Waals surface area (Å²) < 4.78 is 0. The Hall–Kier alpha value is -3.43. The van der Waals surface area contributed by atoms with Gasteiger partial charge in [-0.25, -0.2) is 4.79 Å². The molecule has 0 bridgehead atoms. The number of carbonyl (C=O) groups is 5. The molecule has 0 aliphatic carbocycles. The molecule has 0 radical (unpaired) electrons. The normalized spacial score (nSPS) is 24.0. The van der Waals surface area contributed by atoms with Crippen LogP contribution in [0.3, 0.4) is 0 Å². The number of nitrogens with one attached hydrogen (secondary N) is 2. The van der Waals surface area contributed by atoms with E-state index in [0.29, 0.717) is 23.4 Å². The van der Waals surface area contributed by atoms with E-state index in [0.717, 1.165) is 43.9 Å². The molecular weight excluding hydrogens is 426 g/mol. The minimum Gasteiger partial charge on any atom is -0.371 e. The number of hydrogen-bond acceptors (Lipinski definition) is 6. The van der Waals surface area contributed by atoms with Gasteiger partial charge in [-0.05, 0) is 38.3 Å². The van der Waals surface area contributed by atoms with Gasteiger partial charge in [0.15, 0.2) is 0 Å². The molecule has 10 heteroatoms. The van der Waals surface area contributed by atoms with Crippen LogP contribution in [0.1, 0.15) is 53.3 Å². The third-order valence-electron chi connectivity index (χ3n) is 7.28. The van der Waals surface area contributed by atoms with E-state index in [1.54, 1.807) is 12.1 Å². The van der Waals surface area contributed by atoms with E-state index in [9.17, 15) is 24.0 Å². The Morgan fingerprint density at radius 1 is 1.12 bits per heavy atom. The van der Waals surface area contributed by atoms with E-state index in [-0.39, 0.29) is 24.3 Å². The summed E-state index contributed by atoms with van der Waals surface area (Å²) in [7, 11) is 0. The molecule has 174 valence electrons. The molecule has 6 amide bonds. The number of anilines is 1. The predicted octanol–water partition coefficient (Wildman–Crippen LogP) is 0.720. The Bertz CT molecular complexity index is 1050. The summed E-state index contributed by atoms with van der Waals surface area (Å²) in [6.45, 7) is 5.43. The number of imide groups is 2. The van der Waals surface area contributed by atoms with Crippen LogP contribution in [0, 0.1) is 5.41 Å². The summed E-state index contributed by atoms with van der Waals surface area (Å²) in [5.41, 5.74) is 1.45. The number of likely N-dealkylation sites (tertiary alicyclic amines) is 1. The molecule has 0 aromatic heterocycles. The molecule has 4 heterocycles. The number of benzene rings is 1. The number of piperidine rings is 2. The molecule has 3 fully saturated rings. The number of fused-ring (bicyclic) bond motifs is 1. The third-order valence-corrected chi connectivity index (χ3v) is 7.28. The van der Waals surface area contributed by atoms with Crippen molar-refractivity contribution in [2.24, 2.45) is 5.41 Å². The Balaban J connectivity index is 1.31. The van der Waals surface area contributed by atoms with Crippen molar-refractivity contribution >= 4 is 35.3 Å². The first-order chi connectivity index (χ1) is 15.8. The minimum absolute atomic E-state index is 0.0240. The fourth-order valence-corrected chi connectivity index (χ4v) is 5.47. The molecule has 2 N–H and O–H groups in total. The van der Waals surface area contributed by atoms with Crippen molar-refractivity contribution in [3.63, 3.8) is 0 Å². The number of amides is 6. The zero-order valence-corrected chi connectivity index (χ0v) is 18.6. The summed E-state index contributed by atoms with van der Waals surface area (Å²) in [6.07, 6.45) is 2.02. The summed E-state index contributed by atoms with van der Waals surface area (Å²) >= 11 is 0. The number of carbonyl (C=O) groups excluding carboxylic acids is 5. The quantitative estimate of drug-likeness (QED) is 0.651. The number of urea groups is 1. The van der Waals surface area contributed by atoms with E-state index in [2.05, 4.69) is 15.5 Å². The highest BCUT2D eigenvalue weighted by Crippen LogP contribution is 2.43. The molecule has 1 aromatic carbocycles. The Morgan fingerprint density at radius 2 is 1.85 bits per heavy atom. The SMILES string of the molecule is CCNC(=O)N1CC2(CCN(c3cccc4c3C(=O)N(C3CCC(=O)NC3=O)C4=O)CC2)C1. The van der Waals surface area contributed by atoms with E-state index >= 15 is 0 Å². The first-order valence-electron chi connectivity index (χ1n) is 11.5. The van der Waals surface area contributed by atoms with Crippen LogP contribution < -0.4 is 15.5 Å². The summed E-state index contributed by atoms with van der Waals surface area (Å²) in [6, 6.07) is 4.23. The number of hydrogen-bond donors (Lipinski definition) is 2. The van der Waals surface area contributed by atoms with Crippen LogP contribution in [-0.4, -0.2) is 78.2 Å². The van der Waals surface area contributed by atoms with Gasteiger partial charge in [0.1, 0.15) is 6.04 Å². The van der Waals surface area contributed by atoms with Gasteiger partial charge in [-0.15, -0.1) is 0 Å². The lowest BCUT2D eigenvalue weighted by atomic mass is 9.72. The Kier molecular flexibility index (Phi) is 5.10. The maximum Gasteiger partial charge on any atom is 0.317 e. The predicted molar refractivity (Wildman–Crippen MR) is 118 cm³/mol. The number of nitrogens with zero attached hydrogens (tertiary/aromatic N) is 3. The third kappa shape index (κ3) is 3.44. The Morgan fingerprint density at radius 3 is 2.52 bits per heavy atom. The standard InChI is InChI=1S/C23H27N5O5/c1-2-24-22(33)27-12-23(13-27)8-10-26(11-9-23)15-5-3-4-14-18(15)21(32)28(20(14)31)16-6-7-17(29)25-19(16)30/h3-5,16H,2,6-13H2,1H3,(H,24,33)(H,25,29,30). The molecule has 0 saturated carbocycles. The second-order valence-electron chi connectivity index (χ2n) is 9.33. The fourth-order valence-electron chi connectivity index (χ4n) is 5.47. The summed E-state index contributed by atoms with van der Waals surface area (Å²) in [4.78, 5) is 67.2. The maximum atomic E-state index is 13.3. The van der Waals surface area contributed by atoms with E-state index in [4.69, 9.17) is 0 Å². The average Bonchev–Trinajstić information content (AvgIpc) is 3.03. The first-order valence-corrected chi connectivity index (χ1v) is 11.5. The van der Waals surface area contributed by atoms with Crippen molar-refractivity contribution in [1.29, 1.82) is 0 Å². The highest BCUT2D eigenvalue weighted by molar-refractivity contribution is 6.25. The molecule has 4 aliphatic rings. The van der Waals surface area contributed by atoms with Gasteiger partial charge in [0.25, 0.3) is 11.8 Å². The van der Waals surface area contributed by atoms with E-state index in [1.165, 1.54) is 0 Å². The molecule has 1 atom stereocenters. The topological polar surface area (TPSA) is 119 Å². The molecule has 10 nitrogen and oxygen atoms in total. The molecule has 1 aromatic rings. The van der Waals surface area contributed by atoms with Gasteiger partial charge in [0.05, 0.1) is 16.8 Å². The molecule has 33 heavy (non-hydrogen) atoms. The monoisotopic (exact) mass is 453 g/mol. The smallest absolute Gasteiger partial charge is 0.317 e. The average molecular weight is 453 g/mol. The molecular formula is C23H27N5O5. The van der Waals surface area contributed by atoms with Crippen molar-refractivity contribution in [2.45, 2.75) is 38.6 Å². The fraction of sp³-hybridized carbons (Fsp3) is 0.522. The Labute approximate surface area is 191 Å².